The van der Waals surface area contributed by atoms with Gasteiger partial charge in [-0.25, -0.2) is 0 Å². The number of benzene rings is 2. The molecule has 32 heavy (non-hydrogen) atoms. The molecule has 1 N–H and O–H groups in total. The van der Waals surface area contributed by atoms with Gasteiger partial charge in [-0.3, -0.25) is 9.59 Å². The Hall–Kier alpha value is -3.22. The maximum Gasteiger partial charge on any atom is 0.251 e. The van der Waals surface area contributed by atoms with Crippen molar-refractivity contribution in [3.8, 4) is 17.2 Å². The van der Waals surface area contributed by atoms with Crippen LogP contribution in [-0.2, 0) is 4.79 Å². The lowest BCUT2D eigenvalue weighted by Gasteiger charge is -2.32. The second-order valence-electron chi connectivity index (χ2n) is 7.87. The number of hydrogen-bond acceptors (Lipinski definition) is 5. The molecular formula is C25H32N2O5. The third-order valence-electron chi connectivity index (χ3n) is 5.71. The minimum atomic E-state index is -0.136. The van der Waals surface area contributed by atoms with E-state index in [9.17, 15) is 9.59 Å². The summed E-state index contributed by atoms with van der Waals surface area (Å²) >= 11 is 0. The molecule has 7 nitrogen and oxygen atoms in total. The third kappa shape index (κ3) is 6.64. The minimum Gasteiger partial charge on any atom is -0.494 e. The van der Waals surface area contributed by atoms with Crippen molar-refractivity contribution < 1.29 is 23.8 Å². The highest BCUT2D eigenvalue weighted by atomic mass is 16.5. The normalized spacial score (nSPS) is 14.0. The zero-order valence-electron chi connectivity index (χ0n) is 18.8. The molecule has 1 saturated heterocycles. The van der Waals surface area contributed by atoms with E-state index in [1.807, 2.05) is 35.2 Å². The second-order valence-corrected chi connectivity index (χ2v) is 7.87. The Morgan fingerprint density at radius 3 is 2.41 bits per heavy atom. The summed E-state index contributed by atoms with van der Waals surface area (Å²) < 4.78 is 16.1. The molecule has 0 spiro atoms. The largest absolute Gasteiger partial charge is 0.494 e. The van der Waals surface area contributed by atoms with Crippen LogP contribution in [0.15, 0.2) is 48.5 Å². The summed E-state index contributed by atoms with van der Waals surface area (Å²) in [7, 11) is 3.11. The molecule has 0 radical (unpaired) electrons. The van der Waals surface area contributed by atoms with E-state index in [2.05, 4.69) is 5.32 Å². The fraction of sp³-hybridized carbons (Fsp3) is 0.440. The maximum absolute atomic E-state index is 12.5. The number of ether oxygens (including phenoxy) is 3. The highest BCUT2D eigenvalue weighted by Crippen LogP contribution is 2.27. The number of piperidine rings is 1. The van der Waals surface area contributed by atoms with Gasteiger partial charge < -0.3 is 24.4 Å². The molecule has 7 heteroatoms. The van der Waals surface area contributed by atoms with Crippen molar-refractivity contribution in [2.45, 2.75) is 25.7 Å². The molecule has 0 bridgehead atoms. The topological polar surface area (TPSA) is 77.1 Å². The molecule has 1 heterocycles. The summed E-state index contributed by atoms with van der Waals surface area (Å²) in [5.74, 6) is 2.35. The van der Waals surface area contributed by atoms with E-state index in [-0.39, 0.29) is 11.8 Å². The first-order valence-corrected chi connectivity index (χ1v) is 11.1. The van der Waals surface area contributed by atoms with Crippen LogP contribution in [0.25, 0.3) is 0 Å². The van der Waals surface area contributed by atoms with Gasteiger partial charge in [0.05, 0.1) is 20.8 Å². The Labute approximate surface area is 189 Å². The molecule has 0 saturated carbocycles. The molecule has 0 aromatic heterocycles. The number of likely N-dealkylation sites (tertiary alicyclic amines) is 1. The lowest BCUT2D eigenvalue weighted by Crippen LogP contribution is -2.41. The Morgan fingerprint density at radius 1 is 1.00 bits per heavy atom. The molecule has 1 aliphatic heterocycles. The molecule has 0 aliphatic carbocycles. The van der Waals surface area contributed by atoms with E-state index < -0.39 is 0 Å². The van der Waals surface area contributed by atoms with Crippen molar-refractivity contribution >= 4 is 11.8 Å². The smallest absolute Gasteiger partial charge is 0.251 e. The SMILES string of the molecule is COc1ccc(C(=O)NCC2CCN(C(=O)CCCOc3ccccc3)CC2)cc1OC. The van der Waals surface area contributed by atoms with Crippen LogP contribution < -0.4 is 19.5 Å². The predicted molar refractivity (Wildman–Crippen MR) is 122 cm³/mol. The van der Waals surface area contributed by atoms with E-state index >= 15 is 0 Å². The number of nitrogens with zero attached hydrogens (tertiary/aromatic N) is 1. The summed E-state index contributed by atoms with van der Waals surface area (Å²) in [6, 6.07) is 14.8. The Bertz CT molecular complexity index is 879. The summed E-state index contributed by atoms with van der Waals surface area (Å²) in [5, 5.41) is 3.00. The first kappa shape index (κ1) is 23.4. The van der Waals surface area contributed by atoms with Gasteiger partial charge in [-0.1, -0.05) is 18.2 Å². The standard InChI is InChI=1S/C25H32N2O5/c1-30-22-11-10-20(17-23(22)31-2)25(29)26-18-19-12-14-27(15-13-19)24(28)9-6-16-32-21-7-4-3-5-8-21/h3-5,7-8,10-11,17,19H,6,9,12-16,18H2,1-2H3,(H,26,29). The van der Waals surface area contributed by atoms with Crippen LogP contribution in [-0.4, -0.2) is 57.2 Å². The highest BCUT2D eigenvalue weighted by Gasteiger charge is 2.23. The number of hydrogen-bond donors (Lipinski definition) is 1. The van der Waals surface area contributed by atoms with Crippen LogP contribution in [0.3, 0.4) is 0 Å². The zero-order valence-corrected chi connectivity index (χ0v) is 18.8. The molecule has 172 valence electrons. The number of para-hydroxylation sites is 1. The molecule has 1 aliphatic rings. The molecular weight excluding hydrogens is 408 g/mol. The van der Waals surface area contributed by atoms with E-state index in [4.69, 9.17) is 14.2 Å². The van der Waals surface area contributed by atoms with Crippen LogP contribution in [0.1, 0.15) is 36.0 Å². The van der Waals surface area contributed by atoms with Crippen molar-refractivity contribution in [1.82, 2.24) is 10.2 Å². The van der Waals surface area contributed by atoms with E-state index in [0.29, 0.717) is 49.0 Å². The molecule has 1 fully saturated rings. The summed E-state index contributed by atoms with van der Waals surface area (Å²) in [6.45, 7) is 2.60. The summed E-state index contributed by atoms with van der Waals surface area (Å²) in [4.78, 5) is 26.9. The quantitative estimate of drug-likeness (QED) is 0.572. The first-order valence-electron chi connectivity index (χ1n) is 11.1. The van der Waals surface area contributed by atoms with Crippen molar-refractivity contribution in [3.05, 3.63) is 54.1 Å². The number of carbonyl (C=O) groups excluding carboxylic acids is 2. The number of carbonyl (C=O) groups is 2. The monoisotopic (exact) mass is 440 g/mol. The Balaban J connectivity index is 1.34. The van der Waals surface area contributed by atoms with Crippen LogP contribution in [0.4, 0.5) is 0 Å². The lowest BCUT2D eigenvalue weighted by molar-refractivity contribution is -0.132. The summed E-state index contributed by atoms with van der Waals surface area (Å²) in [6.07, 6.45) is 2.97. The first-order chi connectivity index (χ1) is 15.6. The number of methoxy groups -OCH3 is 2. The van der Waals surface area contributed by atoms with Gasteiger partial charge in [-0.2, -0.15) is 0 Å². The van der Waals surface area contributed by atoms with Crippen LogP contribution in [0, 0.1) is 5.92 Å². The number of amides is 2. The fourth-order valence-electron chi connectivity index (χ4n) is 3.79. The van der Waals surface area contributed by atoms with Gasteiger partial charge in [0.1, 0.15) is 5.75 Å². The zero-order chi connectivity index (χ0) is 22.8. The van der Waals surface area contributed by atoms with Crippen molar-refractivity contribution in [2.24, 2.45) is 5.92 Å². The van der Waals surface area contributed by atoms with Gasteiger partial charge in [-0.05, 0) is 55.5 Å². The van der Waals surface area contributed by atoms with Gasteiger partial charge in [-0.15, -0.1) is 0 Å². The summed E-state index contributed by atoms with van der Waals surface area (Å²) in [5.41, 5.74) is 0.535. The minimum absolute atomic E-state index is 0.136. The van der Waals surface area contributed by atoms with Gasteiger partial charge in [0, 0.05) is 31.6 Å². The van der Waals surface area contributed by atoms with Gasteiger partial charge in [0.25, 0.3) is 5.91 Å². The van der Waals surface area contributed by atoms with E-state index in [0.717, 1.165) is 31.7 Å². The van der Waals surface area contributed by atoms with Crippen LogP contribution in [0.5, 0.6) is 17.2 Å². The van der Waals surface area contributed by atoms with Gasteiger partial charge in [0.15, 0.2) is 11.5 Å². The number of nitrogens with one attached hydrogen (secondary N) is 1. The van der Waals surface area contributed by atoms with Crippen LogP contribution >= 0.6 is 0 Å². The van der Waals surface area contributed by atoms with E-state index in [1.165, 1.54) is 0 Å². The Morgan fingerprint density at radius 2 is 1.72 bits per heavy atom. The molecule has 2 aromatic carbocycles. The maximum atomic E-state index is 12.5. The average Bonchev–Trinajstić information content (AvgIpc) is 2.85. The number of rotatable bonds is 10. The Kier molecular flexibility index (Phi) is 8.78. The van der Waals surface area contributed by atoms with Crippen LogP contribution in [0.2, 0.25) is 0 Å². The molecule has 2 amide bonds. The molecule has 0 unspecified atom stereocenters. The molecule has 2 aromatic rings. The van der Waals surface area contributed by atoms with Crippen molar-refractivity contribution in [3.63, 3.8) is 0 Å². The highest BCUT2D eigenvalue weighted by molar-refractivity contribution is 5.94. The van der Waals surface area contributed by atoms with E-state index in [1.54, 1.807) is 32.4 Å². The fourth-order valence-corrected chi connectivity index (χ4v) is 3.79. The molecule has 0 atom stereocenters. The predicted octanol–water partition coefficient (Wildman–Crippen LogP) is 3.53. The van der Waals surface area contributed by atoms with Crippen molar-refractivity contribution in [2.75, 3.05) is 40.5 Å². The van der Waals surface area contributed by atoms with Gasteiger partial charge >= 0.3 is 0 Å². The second kappa shape index (κ2) is 12.0. The average molecular weight is 441 g/mol. The third-order valence-corrected chi connectivity index (χ3v) is 5.71. The lowest BCUT2D eigenvalue weighted by atomic mass is 9.96. The molecule has 3 rings (SSSR count). The van der Waals surface area contributed by atoms with Crippen molar-refractivity contribution in [1.29, 1.82) is 0 Å². The van der Waals surface area contributed by atoms with Gasteiger partial charge in [0.2, 0.25) is 5.91 Å².